The first-order valence-electron chi connectivity index (χ1n) is 41.5. The van der Waals surface area contributed by atoms with Crippen molar-refractivity contribution in [2.75, 3.05) is 32.7 Å². The van der Waals surface area contributed by atoms with Crippen molar-refractivity contribution in [3.05, 3.63) is 180 Å². The van der Waals surface area contributed by atoms with E-state index in [-0.39, 0.29) is 135 Å². The molecule has 41 nitrogen and oxygen atoms in total. The van der Waals surface area contributed by atoms with Gasteiger partial charge in [0, 0.05) is 150 Å². The Labute approximate surface area is 724 Å². The Morgan fingerprint density at radius 1 is 0.254 bits per heavy atom. The van der Waals surface area contributed by atoms with E-state index in [1.165, 1.54) is 0 Å². The van der Waals surface area contributed by atoms with Gasteiger partial charge in [0.2, 0.25) is 59.1 Å². The van der Waals surface area contributed by atoms with Crippen LogP contribution in [0.25, 0.3) is 54.5 Å². The summed E-state index contributed by atoms with van der Waals surface area (Å²) in [5, 5.41) is 81.5. The van der Waals surface area contributed by atoms with Crippen LogP contribution in [0, 0.1) is 27.0 Å². The molecule has 0 aliphatic rings. The Morgan fingerprint density at radius 3 is 0.659 bits per heavy atom. The zero-order chi connectivity index (χ0) is 90.3. The van der Waals surface area contributed by atoms with Gasteiger partial charge >= 0.3 is 0 Å². The molecule has 0 fully saturated rings. The Kier molecular flexibility index (Phi) is 33.7. The highest BCUT2D eigenvalue weighted by Gasteiger charge is 2.38. The summed E-state index contributed by atoms with van der Waals surface area (Å²) in [6.07, 6.45) is 7.57. The number of nitrogens with one attached hydrogen (secondary N) is 24. The quantitative estimate of drug-likeness (QED) is 0.0125. The fourth-order valence-electron chi connectivity index (χ4n) is 15.0. The molecule has 38 N–H and O–H groups in total. The molecule has 10 atom stereocenters. The Hall–Kier alpha value is -15.2. The summed E-state index contributed by atoms with van der Waals surface area (Å²) >= 11 is 0. The van der Waals surface area contributed by atoms with Gasteiger partial charge in [-0.3, -0.25) is 75.0 Å². The van der Waals surface area contributed by atoms with Crippen molar-refractivity contribution >= 4 is 143 Å². The van der Waals surface area contributed by atoms with Crippen molar-refractivity contribution in [1.82, 2.24) is 99.4 Å². The van der Waals surface area contributed by atoms with E-state index < -0.39 is 137 Å². The highest BCUT2D eigenvalue weighted by Crippen LogP contribution is 2.26. The van der Waals surface area contributed by atoms with Gasteiger partial charge in [-0.15, -0.1) is 0 Å². The van der Waals surface area contributed by atoms with E-state index in [0.29, 0.717) is 56.0 Å². The van der Waals surface area contributed by atoms with E-state index >= 15 is 33.6 Å². The molecule has 10 rings (SSSR count). The number of para-hydroxylation sites is 5. The lowest BCUT2D eigenvalue weighted by Gasteiger charge is -2.29. The maximum atomic E-state index is 15.6. The molecule has 0 bridgehead atoms. The highest BCUT2D eigenvalue weighted by molar-refractivity contribution is 6.01. The largest absolute Gasteiger partial charge is 0.370 e. The Morgan fingerprint density at radius 2 is 0.437 bits per heavy atom. The van der Waals surface area contributed by atoms with E-state index in [0.717, 1.165) is 32.7 Å². The zero-order valence-corrected chi connectivity index (χ0v) is 69.5. The molecule has 668 valence electrons. The second-order valence-corrected chi connectivity index (χ2v) is 30.8. The molecule has 0 spiro atoms. The average molecular weight is 1730 g/mol. The fraction of sp³-hybridized carbons (Fsp3) is 0.353. The van der Waals surface area contributed by atoms with E-state index in [9.17, 15) is 14.4 Å². The van der Waals surface area contributed by atoms with Crippen molar-refractivity contribution < 1.29 is 47.9 Å². The minimum Gasteiger partial charge on any atom is -0.370 e. The van der Waals surface area contributed by atoms with Crippen LogP contribution in [-0.2, 0) is 80.0 Å². The van der Waals surface area contributed by atoms with Crippen LogP contribution in [0.3, 0.4) is 0 Å². The number of primary amides is 1. The van der Waals surface area contributed by atoms with Gasteiger partial charge in [0.1, 0.15) is 54.4 Å². The van der Waals surface area contributed by atoms with Crippen molar-refractivity contribution in [2.45, 2.75) is 157 Å². The first kappa shape index (κ1) is 93.1. The molecule has 0 aliphatic heterocycles. The second kappa shape index (κ2) is 45.6. The third-order valence-corrected chi connectivity index (χ3v) is 21.5. The predicted molar refractivity (Wildman–Crippen MR) is 480 cm³/mol. The van der Waals surface area contributed by atoms with Gasteiger partial charge in [-0.25, -0.2) is 0 Å². The van der Waals surface area contributed by atoms with Crippen molar-refractivity contribution in [2.24, 2.45) is 40.1 Å². The van der Waals surface area contributed by atoms with Crippen LogP contribution in [0.4, 0.5) is 0 Å². The number of aromatic amines is 5. The summed E-state index contributed by atoms with van der Waals surface area (Å²) in [6, 6.07) is 21.7. The number of fused-ring (bicyclic) bond motifs is 5. The number of H-pyrrole nitrogens is 5. The topological polar surface area (TPSA) is 719 Å². The minimum atomic E-state index is -1.62. The van der Waals surface area contributed by atoms with Crippen LogP contribution in [0.2, 0.25) is 0 Å². The van der Waals surface area contributed by atoms with Crippen LogP contribution in [0.5, 0.6) is 0 Å². The Balaban J connectivity index is 0.944. The molecule has 0 unspecified atom stereocenters. The first-order valence-corrected chi connectivity index (χ1v) is 41.5. The third-order valence-electron chi connectivity index (χ3n) is 21.5. The van der Waals surface area contributed by atoms with Gasteiger partial charge < -0.3 is 139 Å². The molecule has 5 aromatic carbocycles. The average Bonchev–Trinajstić information content (AvgIpc) is 1.63. The van der Waals surface area contributed by atoms with Crippen molar-refractivity contribution in [1.29, 1.82) is 27.0 Å². The van der Waals surface area contributed by atoms with Gasteiger partial charge in [0.15, 0.2) is 29.8 Å². The van der Waals surface area contributed by atoms with Crippen LogP contribution < -0.4 is 115 Å². The molecule has 41 heteroatoms. The maximum Gasteiger partial charge on any atom is 0.243 e. The number of hydrogen-bond acceptors (Lipinski definition) is 16. The second-order valence-electron chi connectivity index (χ2n) is 30.8. The first-order chi connectivity index (χ1) is 60.5. The maximum absolute atomic E-state index is 15.6. The van der Waals surface area contributed by atoms with Crippen LogP contribution in [-0.4, -0.2) is 207 Å². The summed E-state index contributed by atoms with van der Waals surface area (Å²) in [6.45, 7) is 0.279. The van der Waals surface area contributed by atoms with E-state index in [2.05, 4.69) is 99.4 Å². The van der Waals surface area contributed by atoms with Crippen LogP contribution >= 0.6 is 0 Å². The summed E-state index contributed by atoms with van der Waals surface area (Å²) in [7, 11) is 0. The number of carbonyl (C=O) groups is 10. The van der Waals surface area contributed by atoms with Gasteiger partial charge in [-0.05, 0) is 122 Å². The number of guanidine groups is 5. The summed E-state index contributed by atoms with van der Waals surface area (Å²) in [5.41, 5.74) is 47.2. The number of rotatable bonds is 49. The standard InChI is InChI=1S/C85H113N31O10/c86-56(21-11-31-98-81(88)89)72(118)113-67(37-47-42-104-58-23-7-2-17-52(47)58)80(126)116-69(39-49-44-106-60-25-9-4-19-54(49)60)78(124)111-63(28-13-33-100-83(92)93)74(120)108-64(29-14-34-101-84(94)95)75(121)114-68(38-48-43-105-59-24-8-3-18-53(48)59)77(123)110-62(27-12-32-99-82(90)91)73(119)109-65(30-15-35-102-85(96)97)76(122)115-70(40-50-45-107-61-26-10-5-20-55(50)61)79(125)112-66(71(87)117)36-46-41-103-57-22-6-1-16-51(46)57/h1-10,16-20,22-26,41-45,56,62-70,103-107H,11-15,21,27-40,86H2,(H2,87,117)(H,108,120)(H,109,119)(H,110,123)(H,111,124)(H,112,125)(H,113,118)(H,114,121)(H,115,122)(H,116,126)(H4,88,89,98)(H4,90,91,99)(H4,92,93,100)(H4,94,95,101)(H4,96,97,102)/t56-,62-,63-,64-,65-,66-,67-,68-,69-,70-/m0/s1. The minimum absolute atomic E-state index is 0.00302. The number of hydrogen-bond donors (Lipinski definition) is 31. The van der Waals surface area contributed by atoms with Crippen LogP contribution in [0.1, 0.15) is 92.0 Å². The predicted octanol–water partition coefficient (Wildman–Crippen LogP) is -0.901. The zero-order valence-electron chi connectivity index (χ0n) is 69.5. The number of amides is 10. The van der Waals surface area contributed by atoms with E-state index in [1.54, 1.807) is 67.4 Å². The molecule has 126 heavy (non-hydrogen) atoms. The third kappa shape index (κ3) is 27.2. The number of benzene rings is 5. The summed E-state index contributed by atoms with van der Waals surface area (Å²) < 4.78 is 0. The van der Waals surface area contributed by atoms with E-state index in [4.69, 9.17) is 67.2 Å². The molecular formula is C85H113N31O10. The van der Waals surface area contributed by atoms with Gasteiger partial charge in [-0.1, -0.05) is 91.0 Å². The SMILES string of the molecule is N=C(N)NCCC[C@H](NC(=O)[C@H](CCCNC(=N)N)NC(=O)[C@H](Cc1c[nH]c2ccccc12)NC(=O)[C@H](CCCNC(=N)N)NC(=O)[C@H](CCCNC(=N)N)NC(=O)[C@H](Cc1c[nH]c2ccccc12)NC(=O)[C@H](Cc1c[nH]c2ccccc12)NC(=O)[C@@H](N)CCCNC(=N)N)C(=O)N[C@@H](Cc1c[nH]c2ccccc12)C(=O)N[C@@H](Cc1c[nH]c2ccccc12)C(N)=O. The molecule has 0 aliphatic carbocycles. The lowest BCUT2D eigenvalue weighted by atomic mass is 10.00. The molecule has 10 aromatic rings. The summed E-state index contributed by atoms with van der Waals surface area (Å²) in [5.74, 6) is -10.6. The lowest BCUT2D eigenvalue weighted by Crippen LogP contribution is -2.61. The van der Waals surface area contributed by atoms with Gasteiger partial charge in [0.25, 0.3) is 0 Å². The fourth-order valence-corrected chi connectivity index (χ4v) is 15.0. The molecule has 10 amide bonds. The lowest BCUT2D eigenvalue weighted by molar-refractivity contribution is -0.136. The number of aromatic nitrogens is 5. The molecule has 5 heterocycles. The van der Waals surface area contributed by atoms with Crippen LogP contribution in [0.15, 0.2) is 152 Å². The smallest absolute Gasteiger partial charge is 0.243 e. The monoisotopic (exact) mass is 1730 g/mol. The van der Waals surface area contributed by atoms with Gasteiger partial charge in [-0.2, -0.15) is 0 Å². The normalized spacial score (nSPS) is 13.6. The van der Waals surface area contributed by atoms with Crippen molar-refractivity contribution in [3.63, 3.8) is 0 Å². The Bertz CT molecular complexity index is 5530. The molecule has 0 saturated carbocycles. The van der Waals surface area contributed by atoms with Crippen molar-refractivity contribution in [3.8, 4) is 0 Å². The molecule has 0 saturated heterocycles. The molecular weight excluding hydrogens is 1620 g/mol. The van der Waals surface area contributed by atoms with E-state index in [1.807, 2.05) is 84.9 Å². The highest BCUT2D eigenvalue weighted by atomic mass is 16.2. The molecule has 5 aromatic heterocycles. The number of carbonyl (C=O) groups excluding carboxylic acids is 10. The van der Waals surface area contributed by atoms with Gasteiger partial charge in [0.05, 0.1) is 6.04 Å². The molecule has 0 radical (unpaired) electrons. The summed E-state index contributed by atoms with van der Waals surface area (Å²) in [4.78, 5) is 166. The number of nitrogens with two attached hydrogens (primary N) is 7.